The quantitative estimate of drug-likeness (QED) is 0.302. The van der Waals surface area contributed by atoms with Gasteiger partial charge in [0.2, 0.25) is 0 Å². The zero-order chi connectivity index (χ0) is 17.2. The van der Waals surface area contributed by atoms with Crippen LogP contribution in [0.15, 0.2) is 0 Å². The van der Waals surface area contributed by atoms with Gasteiger partial charge in [0.15, 0.2) is 0 Å². The molecule has 2 nitrogen and oxygen atoms in total. The summed E-state index contributed by atoms with van der Waals surface area (Å²) in [5, 5.41) is 0. The zero-order valence-electron chi connectivity index (χ0n) is 16.6. The van der Waals surface area contributed by atoms with Crippen molar-refractivity contribution in [3.05, 3.63) is 0 Å². The van der Waals surface area contributed by atoms with E-state index in [2.05, 4.69) is 49.6 Å². The van der Waals surface area contributed by atoms with Gasteiger partial charge in [-0.3, -0.25) is 0 Å². The Morgan fingerprint density at radius 3 is 1.65 bits per heavy atom. The number of hydrogen-bond acceptors (Lipinski definition) is 3. The first-order valence-corrected chi connectivity index (χ1v) is 11.2. The van der Waals surface area contributed by atoms with Crippen molar-refractivity contribution in [3.8, 4) is 0 Å². The van der Waals surface area contributed by atoms with Crippen molar-refractivity contribution in [1.82, 2.24) is 9.80 Å². The van der Waals surface area contributed by atoms with Crippen molar-refractivity contribution >= 4 is 11.8 Å². The summed E-state index contributed by atoms with van der Waals surface area (Å²) in [5.41, 5.74) is 0. The van der Waals surface area contributed by atoms with E-state index in [-0.39, 0.29) is 0 Å². The summed E-state index contributed by atoms with van der Waals surface area (Å²) < 4.78 is 0. The lowest BCUT2D eigenvalue weighted by Gasteiger charge is -2.18. The van der Waals surface area contributed by atoms with Crippen molar-refractivity contribution in [2.45, 2.75) is 77.6 Å². The minimum Gasteiger partial charge on any atom is -0.308 e. The molecule has 0 aliphatic heterocycles. The maximum absolute atomic E-state index is 2.46. The second kappa shape index (κ2) is 18.6. The van der Waals surface area contributed by atoms with Gasteiger partial charge in [-0.1, -0.05) is 64.7 Å². The monoisotopic (exact) mass is 344 g/mol. The molecule has 0 radical (unpaired) electrons. The van der Waals surface area contributed by atoms with Crippen molar-refractivity contribution in [1.29, 1.82) is 0 Å². The summed E-state index contributed by atoms with van der Waals surface area (Å²) in [6.45, 7) is 5.90. The average Bonchev–Trinajstić information content (AvgIpc) is 2.53. The van der Waals surface area contributed by atoms with Crippen LogP contribution >= 0.6 is 11.8 Å². The first-order valence-electron chi connectivity index (χ1n) is 10.1. The van der Waals surface area contributed by atoms with Gasteiger partial charge in [0.25, 0.3) is 0 Å². The van der Waals surface area contributed by atoms with Gasteiger partial charge in [0.05, 0.1) is 0 Å². The van der Waals surface area contributed by atoms with Crippen LogP contribution in [-0.2, 0) is 0 Å². The van der Waals surface area contributed by atoms with Gasteiger partial charge in [0, 0.05) is 13.1 Å². The lowest BCUT2D eigenvalue weighted by molar-refractivity contribution is 0.283. The van der Waals surface area contributed by atoms with Gasteiger partial charge < -0.3 is 9.80 Å². The molecule has 3 heteroatoms. The standard InChI is InChI=1S/C20H44N2S/c1-5-6-7-8-9-10-11-12-13-14-19-23-20-15-16-22(4)18-17-21(2)3/h5-20H2,1-4H3. The predicted octanol–water partition coefficient (Wildman–Crippen LogP) is 5.52. The second-order valence-electron chi connectivity index (χ2n) is 7.25. The summed E-state index contributed by atoms with van der Waals surface area (Å²) in [4.78, 5) is 4.72. The molecule has 23 heavy (non-hydrogen) atoms. The Kier molecular flexibility index (Phi) is 18.8. The Morgan fingerprint density at radius 1 is 0.565 bits per heavy atom. The summed E-state index contributed by atoms with van der Waals surface area (Å²) >= 11 is 2.16. The lowest BCUT2D eigenvalue weighted by atomic mass is 10.1. The topological polar surface area (TPSA) is 6.48 Å². The van der Waals surface area contributed by atoms with Gasteiger partial charge in [0.1, 0.15) is 0 Å². The molecule has 0 aromatic rings. The maximum atomic E-state index is 2.46. The third kappa shape index (κ3) is 20.2. The summed E-state index contributed by atoms with van der Waals surface area (Å²) in [7, 11) is 6.54. The second-order valence-corrected chi connectivity index (χ2v) is 8.48. The third-order valence-corrected chi connectivity index (χ3v) is 5.55. The van der Waals surface area contributed by atoms with Gasteiger partial charge in [-0.15, -0.1) is 0 Å². The van der Waals surface area contributed by atoms with Gasteiger partial charge >= 0.3 is 0 Å². The van der Waals surface area contributed by atoms with Crippen molar-refractivity contribution in [2.75, 3.05) is 52.3 Å². The van der Waals surface area contributed by atoms with Gasteiger partial charge in [-0.2, -0.15) is 11.8 Å². The van der Waals surface area contributed by atoms with E-state index < -0.39 is 0 Å². The third-order valence-electron chi connectivity index (χ3n) is 4.40. The highest BCUT2D eigenvalue weighted by atomic mass is 32.2. The molecule has 0 amide bonds. The molecule has 0 N–H and O–H groups in total. The van der Waals surface area contributed by atoms with Crippen LogP contribution in [0.5, 0.6) is 0 Å². The smallest absolute Gasteiger partial charge is 0.0106 e. The normalized spacial score (nSPS) is 11.7. The largest absolute Gasteiger partial charge is 0.308 e. The molecular formula is C20H44N2S. The van der Waals surface area contributed by atoms with Crippen LogP contribution in [-0.4, -0.2) is 62.1 Å². The van der Waals surface area contributed by atoms with E-state index in [4.69, 9.17) is 0 Å². The molecule has 0 aromatic heterocycles. The van der Waals surface area contributed by atoms with Gasteiger partial charge in [-0.05, 0) is 52.0 Å². The SMILES string of the molecule is CCCCCCCCCCCCSCCCN(C)CCN(C)C. The molecule has 0 fully saturated rings. The number of rotatable bonds is 18. The molecule has 0 saturated carbocycles. The molecule has 0 aliphatic rings. The Morgan fingerprint density at radius 2 is 1.09 bits per heavy atom. The predicted molar refractivity (Wildman–Crippen MR) is 110 cm³/mol. The van der Waals surface area contributed by atoms with Crippen molar-refractivity contribution < 1.29 is 0 Å². The number of thioether (sulfide) groups is 1. The minimum absolute atomic E-state index is 1.17. The van der Waals surface area contributed by atoms with E-state index in [0.717, 1.165) is 0 Å². The van der Waals surface area contributed by atoms with Crippen LogP contribution in [0.2, 0.25) is 0 Å². The van der Waals surface area contributed by atoms with E-state index in [9.17, 15) is 0 Å². The molecular weight excluding hydrogens is 300 g/mol. The van der Waals surface area contributed by atoms with Crippen LogP contribution in [0.3, 0.4) is 0 Å². The molecule has 140 valence electrons. The Hall–Kier alpha value is 0.270. The number of nitrogens with zero attached hydrogens (tertiary/aromatic N) is 2. The van der Waals surface area contributed by atoms with Crippen molar-refractivity contribution in [2.24, 2.45) is 0 Å². The summed E-state index contributed by atoms with van der Waals surface area (Å²) in [6.07, 6.45) is 15.8. The minimum atomic E-state index is 1.17. The average molecular weight is 345 g/mol. The molecule has 0 aromatic carbocycles. The maximum Gasteiger partial charge on any atom is 0.0106 e. The Labute approximate surface area is 151 Å². The highest BCUT2D eigenvalue weighted by Gasteiger charge is 1.99. The molecule has 0 aliphatic carbocycles. The number of hydrogen-bond donors (Lipinski definition) is 0. The summed E-state index contributed by atoms with van der Waals surface area (Å²) in [6, 6.07) is 0. The summed E-state index contributed by atoms with van der Waals surface area (Å²) in [5.74, 6) is 2.71. The van der Waals surface area contributed by atoms with Crippen LogP contribution in [0.1, 0.15) is 77.6 Å². The Bertz CT molecular complexity index is 222. The number of likely N-dealkylation sites (N-methyl/N-ethyl adjacent to an activating group) is 2. The van der Waals surface area contributed by atoms with E-state index in [1.807, 2.05) is 0 Å². The highest BCUT2D eigenvalue weighted by molar-refractivity contribution is 7.99. The molecule has 0 atom stereocenters. The number of unbranched alkanes of at least 4 members (excludes halogenated alkanes) is 9. The van der Waals surface area contributed by atoms with Crippen molar-refractivity contribution in [3.63, 3.8) is 0 Å². The van der Waals surface area contributed by atoms with E-state index in [1.165, 1.54) is 102 Å². The molecule has 0 unspecified atom stereocenters. The van der Waals surface area contributed by atoms with Crippen LogP contribution in [0.4, 0.5) is 0 Å². The molecule has 0 saturated heterocycles. The van der Waals surface area contributed by atoms with Crippen LogP contribution in [0, 0.1) is 0 Å². The van der Waals surface area contributed by atoms with Crippen LogP contribution in [0.25, 0.3) is 0 Å². The zero-order valence-corrected chi connectivity index (χ0v) is 17.4. The first-order chi connectivity index (χ1) is 11.2. The van der Waals surface area contributed by atoms with E-state index >= 15 is 0 Å². The van der Waals surface area contributed by atoms with Crippen LogP contribution < -0.4 is 0 Å². The van der Waals surface area contributed by atoms with E-state index in [0.29, 0.717) is 0 Å². The lowest BCUT2D eigenvalue weighted by Crippen LogP contribution is -2.29. The first kappa shape index (κ1) is 23.3. The fourth-order valence-electron chi connectivity index (χ4n) is 2.71. The fourth-order valence-corrected chi connectivity index (χ4v) is 3.66. The fraction of sp³-hybridized carbons (Fsp3) is 1.00. The molecule has 0 spiro atoms. The molecule has 0 bridgehead atoms. The highest BCUT2D eigenvalue weighted by Crippen LogP contribution is 2.12. The molecule has 0 rings (SSSR count). The molecule has 0 heterocycles. The van der Waals surface area contributed by atoms with E-state index in [1.54, 1.807) is 0 Å². The Balaban J connectivity index is 3.07. The van der Waals surface area contributed by atoms with Gasteiger partial charge in [-0.25, -0.2) is 0 Å².